The number of sulfonamides is 1. The van der Waals surface area contributed by atoms with Gasteiger partial charge in [-0.2, -0.15) is 4.31 Å². The number of likely N-dealkylation sites (N-methyl/N-ethyl adjacent to an activating group) is 1. The normalized spacial score (nSPS) is 20.3. The van der Waals surface area contributed by atoms with Gasteiger partial charge in [0, 0.05) is 24.1 Å². The maximum absolute atomic E-state index is 12.5. The van der Waals surface area contributed by atoms with Crippen molar-refractivity contribution in [3.8, 4) is 0 Å². The Morgan fingerprint density at radius 3 is 2.80 bits per heavy atom. The molecule has 1 aliphatic heterocycles. The highest BCUT2D eigenvalue weighted by atomic mass is 79.9. The van der Waals surface area contributed by atoms with Gasteiger partial charge in [0.2, 0.25) is 10.0 Å². The number of hydrogen-bond acceptors (Lipinski definition) is 3. The summed E-state index contributed by atoms with van der Waals surface area (Å²) in [6, 6.07) is 5.04. The molecular formula is C13H18BrClN2O2S. The molecule has 1 saturated heterocycles. The zero-order valence-electron chi connectivity index (χ0n) is 11.3. The minimum Gasteiger partial charge on any atom is -0.313 e. The molecule has 2 rings (SSSR count). The highest BCUT2D eigenvalue weighted by Gasteiger charge is 2.26. The van der Waals surface area contributed by atoms with E-state index in [2.05, 4.69) is 21.2 Å². The maximum Gasteiger partial charge on any atom is 0.244 e. The van der Waals surface area contributed by atoms with Gasteiger partial charge < -0.3 is 5.32 Å². The predicted octanol–water partition coefficient (Wildman–Crippen LogP) is 2.87. The monoisotopic (exact) mass is 380 g/mol. The zero-order chi connectivity index (χ0) is 14.8. The molecule has 0 aliphatic carbocycles. The lowest BCUT2D eigenvalue weighted by Crippen LogP contribution is -2.44. The molecule has 0 bridgehead atoms. The molecule has 1 aromatic carbocycles. The van der Waals surface area contributed by atoms with E-state index in [1.54, 1.807) is 19.2 Å². The topological polar surface area (TPSA) is 49.4 Å². The molecule has 0 saturated carbocycles. The van der Waals surface area contributed by atoms with Crippen LogP contribution < -0.4 is 5.32 Å². The van der Waals surface area contributed by atoms with Gasteiger partial charge in [0.1, 0.15) is 4.90 Å². The van der Waals surface area contributed by atoms with Gasteiger partial charge in [-0.05, 0) is 37.6 Å². The Balaban J connectivity index is 2.16. The van der Waals surface area contributed by atoms with Gasteiger partial charge in [-0.1, -0.05) is 34.0 Å². The van der Waals surface area contributed by atoms with Crippen molar-refractivity contribution in [3.63, 3.8) is 0 Å². The second-order valence-corrected chi connectivity index (χ2v) is 8.34. The number of benzene rings is 1. The van der Waals surface area contributed by atoms with Crippen LogP contribution in [0.2, 0.25) is 5.02 Å². The second kappa shape index (κ2) is 6.75. The number of hydrogen-bond donors (Lipinski definition) is 1. The van der Waals surface area contributed by atoms with Crippen LogP contribution in [-0.4, -0.2) is 38.9 Å². The van der Waals surface area contributed by atoms with Crippen LogP contribution in [0, 0.1) is 0 Å². The summed E-state index contributed by atoms with van der Waals surface area (Å²) in [4.78, 5) is 0.153. The first kappa shape index (κ1) is 16.2. The molecule has 4 nitrogen and oxygen atoms in total. The number of halogens is 2. The Bertz CT molecular complexity index is 574. The van der Waals surface area contributed by atoms with Crippen molar-refractivity contribution in [3.05, 3.63) is 27.7 Å². The summed E-state index contributed by atoms with van der Waals surface area (Å²) in [5.74, 6) is 0. The summed E-state index contributed by atoms with van der Waals surface area (Å²) in [5, 5.41) is 3.59. The van der Waals surface area contributed by atoms with Crippen LogP contribution in [0.3, 0.4) is 0 Å². The van der Waals surface area contributed by atoms with Gasteiger partial charge in [0.05, 0.1) is 5.02 Å². The lowest BCUT2D eigenvalue weighted by molar-refractivity contribution is 0.337. The molecule has 1 atom stereocenters. The average Bonchev–Trinajstić information content (AvgIpc) is 2.39. The number of piperidine rings is 1. The van der Waals surface area contributed by atoms with Gasteiger partial charge in [0.15, 0.2) is 0 Å². The Labute approximate surface area is 133 Å². The van der Waals surface area contributed by atoms with Crippen LogP contribution in [0.5, 0.6) is 0 Å². The highest BCUT2D eigenvalue weighted by molar-refractivity contribution is 9.10. The SMILES string of the molecule is CN(CC1CCCCN1)S(=O)(=O)c1ccc(Br)cc1Cl. The smallest absolute Gasteiger partial charge is 0.244 e. The third-order valence-corrected chi connectivity index (χ3v) is 6.27. The molecule has 1 heterocycles. The molecule has 0 radical (unpaired) electrons. The van der Waals surface area contributed by atoms with E-state index in [9.17, 15) is 8.42 Å². The minimum absolute atomic E-state index is 0.153. The number of nitrogens with one attached hydrogen (secondary N) is 1. The third kappa shape index (κ3) is 3.74. The summed E-state index contributed by atoms with van der Waals surface area (Å²) in [6.07, 6.45) is 3.31. The molecule has 0 spiro atoms. The Morgan fingerprint density at radius 2 is 2.20 bits per heavy atom. The van der Waals surface area contributed by atoms with Gasteiger partial charge >= 0.3 is 0 Å². The summed E-state index contributed by atoms with van der Waals surface area (Å²) in [6.45, 7) is 1.42. The first-order valence-corrected chi connectivity index (χ1v) is 9.17. The molecular weight excluding hydrogens is 364 g/mol. The summed E-state index contributed by atoms with van der Waals surface area (Å²) < 4.78 is 27.2. The first-order valence-electron chi connectivity index (χ1n) is 6.56. The third-order valence-electron chi connectivity index (χ3n) is 3.47. The number of rotatable bonds is 4. The fraction of sp³-hybridized carbons (Fsp3) is 0.538. The largest absolute Gasteiger partial charge is 0.313 e. The van der Waals surface area contributed by atoms with Crippen LogP contribution >= 0.6 is 27.5 Å². The van der Waals surface area contributed by atoms with Gasteiger partial charge in [-0.25, -0.2) is 8.42 Å². The van der Waals surface area contributed by atoms with E-state index in [0.717, 1.165) is 30.3 Å². The van der Waals surface area contributed by atoms with E-state index >= 15 is 0 Å². The predicted molar refractivity (Wildman–Crippen MR) is 84.6 cm³/mol. The highest BCUT2D eigenvalue weighted by Crippen LogP contribution is 2.27. The van der Waals surface area contributed by atoms with Crippen molar-refractivity contribution in [2.45, 2.75) is 30.2 Å². The van der Waals surface area contributed by atoms with Crippen molar-refractivity contribution in [1.82, 2.24) is 9.62 Å². The fourth-order valence-electron chi connectivity index (χ4n) is 2.34. The van der Waals surface area contributed by atoms with E-state index in [-0.39, 0.29) is 16.0 Å². The lowest BCUT2D eigenvalue weighted by Gasteiger charge is -2.28. The number of nitrogens with zero attached hydrogens (tertiary/aromatic N) is 1. The van der Waals surface area contributed by atoms with E-state index in [1.165, 1.54) is 10.4 Å². The molecule has 0 amide bonds. The molecule has 20 heavy (non-hydrogen) atoms. The Morgan fingerprint density at radius 1 is 1.45 bits per heavy atom. The zero-order valence-corrected chi connectivity index (χ0v) is 14.4. The Hall–Kier alpha value is -0.140. The van der Waals surface area contributed by atoms with Crippen molar-refractivity contribution >= 4 is 37.6 Å². The minimum atomic E-state index is -3.55. The summed E-state index contributed by atoms with van der Waals surface area (Å²) in [7, 11) is -1.94. The molecule has 1 fully saturated rings. The molecule has 0 aromatic heterocycles. The Kier molecular flexibility index (Phi) is 5.48. The molecule has 1 aromatic rings. The van der Waals surface area contributed by atoms with Gasteiger partial charge in [-0.15, -0.1) is 0 Å². The summed E-state index contributed by atoms with van der Waals surface area (Å²) >= 11 is 9.33. The van der Waals surface area contributed by atoms with Crippen LogP contribution in [-0.2, 0) is 10.0 Å². The average molecular weight is 382 g/mol. The molecule has 1 N–H and O–H groups in total. The van der Waals surface area contributed by atoms with Crippen LogP contribution in [0.15, 0.2) is 27.6 Å². The van der Waals surface area contributed by atoms with E-state index < -0.39 is 10.0 Å². The molecule has 1 aliphatic rings. The molecule has 7 heteroatoms. The quantitative estimate of drug-likeness (QED) is 0.872. The van der Waals surface area contributed by atoms with Gasteiger partial charge in [0.25, 0.3) is 0 Å². The van der Waals surface area contributed by atoms with E-state index in [0.29, 0.717) is 6.54 Å². The summed E-state index contributed by atoms with van der Waals surface area (Å²) in [5.41, 5.74) is 0. The van der Waals surface area contributed by atoms with Crippen LogP contribution in [0.4, 0.5) is 0 Å². The van der Waals surface area contributed by atoms with Crippen LogP contribution in [0.25, 0.3) is 0 Å². The molecule has 112 valence electrons. The second-order valence-electron chi connectivity index (χ2n) is 5.01. The molecule has 1 unspecified atom stereocenters. The van der Waals surface area contributed by atoms with Crippen molar-refractivity contribution < 1.29 is 8.42 Å². The van der Waals surface area contributed by atoms with Crippen LogP contribution in [0.1, 0.15) is 19.3 Å². The van der Waals surface area contributed by atoms with Crippen molar-refractivity contribution in [2.24, 2.45) is 0 Å². The van der Waals surface area contributed by atoms with Crippen molar-refractivity contribution in [1.29, 1.82) is 0 Å². The van der Waals surface area contributed by atoms with E-state index in [4.69, 9.17) is 11.6 Å². The maximum atomic E-state index is 12.5. The van der Waals surface area contributed by atoms with E-state index in [1.807, 2.05) is 0 Å². The standard InChI is InChI=1S/C13H18BrClN2O2S/c1-17(9-11-4-2-3-7-16-11)20(18,19)13-6-5-10(14)8-12(13)15/h5-6,8,11,16H,2-4,7,9H2,1H3. The van der Waals surface area contributed by atoms with Crippen molar-refractivity contribution in [2.75, 3.05) is 20.1 Å². The fourth-order valence-corrected chi connectivity index (χ4v) is 4.56. The van der Waals surface area contributed by atoms with Gasteiger partial charge in [-0.3, -0.25) is 0 Å². The first-order chi connectivity index (χ1) is 9.41. The lowest BCUT2D eigenvalue weighted by atomic mass is 10.1.